The van der Waals surface area contributed by atoms with Crippen molar-refractivity contribution >= 4 is 12.0 Å². The molecule has 1 rings (SSSR count). The first-order valence-electron chi connectivity index (χ1n) is 4.85. The third-order valence-corrected chi connectivity index (χ3v) is 2.02. The molecule has 0 spiro atoms. The molecule has 0 aliphatic rings. The topological polar surface area (TPSA) is 49.3 Å². The number of benzene rings is 1. The Bertz CT molecular complexity index is 333. The Morgan fingerprint density at radius 2 is 2.13 bits per heavy atom. The average Bonchev–Trinajstić information content (AvgIpc) is 2.29. The van der Waals surface area contributed by atoms with Gasteiger partial charge in [0.1, 0.15) is 6.10 Å². The lowest BCUT2D eigenvalue weighted by molar-refractivity contribution is -0.128. The molecule has 0 aliphatic carbocycles. The summed E-state index contributed by atoms with van der Waals surface area (Å²) in [5.41, 5.74) is 1.06. The van der Waals surface area contributed by atoms with E-state index < -0.39 is 6.10 Å². The van der Waals surface area contributed by atoms with Gasteiger partial charge >= 0.3 is 0 Å². The number of carbonyl (C=O) groups excluding carboxylic acids is 1. The SMILES string of the molecule is CNC(=O)[C@H](O)C/C=C/c1ccccc1. The van der Waals surface area contributed by atoms with Gasteiger partial charge in [-0.15, -0.1) is 0 Å². The van der Waals surface area contributed by atoms with Crippen molar-refractivity contribution in [3.05, 3.63) is 42.0 Å². The molecule has 0 unspecified atom stereocenters. The van der Waals surface area contributed by atoms with Gasteiger partial charge in [0.25, 0.3) is 0 Å². The van der Waals surface area contributed by atoms with E-state index in [9.17, 15) is 9.90 Å². The predicted molar refractivity (Wildman–Crippen MR) is 60.2 cm³/mol. The van der Waals surface area contributed by atoms with E-state index in [1.54, 1.807) is 6.08 Å². The van der Waals surface area contributed by atoms with Crippen LogP contribution in [0.1, 0.15) is 12.0 Å². The van der Waals surface area contributed by atoms with Crippen LogP contribution in [0.5, 0.6) is 0 Å². The zero-order valence-corrected chi connectivity index (χ0v) is 8.68. The highest BCUT2D eigenvalue weighted by atomic mass is 16.3. The minimum absolute atomic E-state index is 0.328. The maximum absolute atomic E-state index is 11.0. The van der Waals surface area contributed by atoms with Crippen molar-refractivity contribution in [2.24, 2.45) is 0 Å². The Morgan fingerprint density at radius 1 is 1.47 bits per heavy atom. The highest BCUT2D eigenvalue weighted by Gasteiger charge is 2.09. The molecular weight excluding hydrogens is 190 g/mol. The first kappa shape index (κ1) is 11.5. The predicted octanol–water partition coefficient (Wildman–Crippen LogP) is 1.20. The molecule has 0 bridgehead atoms. The summed E-state index contributed by atoms with van der Waals surface area (Å²) in [6, 6.07) is 9.74. The molecule has 2 N–H and O–H groups in total. The van der Waals surface area contributed by atoms with Gasteiger partial charge in [0.2, 0.25) is 5.91 Å². The molecule has 1 atom stereocenters. The lowest BCUT2D eigenvalue weighted by Gasteiger charge is -2.04. The van der Waals surface area contributed by atoms with Crippen molar-refractivity contribution in [2.75, 3.05) is 7.05 Å². The molecule has 1 amide bonds. The van der Waals surface area contributed by atoms with Crippen LogP contribution in [0.4, 0.5) is 0 Å². The highest BCUT2D eigenvalue weighted by molar-refractivity contribution is 5.80. The number of amides is 1. The Labute approximate surface area is 89.4 Å². The van der Waals surface area contributed by atoms with Crippen LogP contribution < -0.4 is 5.32 Å². The summed E-state index contributed by atoms with van der Waals surface area (Å²) in [6.07, 6.45) is 3.03. The lowest BCUT2D eigenvalue weighted by Crippen LogP contribution is -2.31. The first-order chi connectivity index (χ1) is 7.24. The molecule has 1 aromatic rings. The van der Waals surface area contributed by atoms with Crippen LogP contribution in [-0.2, 0) is 4.79 Å². The second-order valence-electron chi connectivity index (χ2n) is 3.18. The lowest BCUT2D eigenvalue weighted by atomic mass is 10.1. The smallest absolute Gasteiger partial charge is 0.248 e. The average molecular weight is 205 g/mol. The third kappa shape index (κ3) is 3.95. The summed E-state index contributed by atoms with van der Waals surface area (Å²) in [7, 11) is 1.51. The minimum atomic E-state index is -0.963. The number of hydrogen-bond donors (Lipinski definition) is 2. The van der Waals surface area contributed by atoms with Crippen LogP contribution in [0, 0.1) is 0 Å². The molecule has 3 heteroatoms. The summed E-state index contributed by atoms with van der Waals surface area (Å²) in [4.78, 5) is 11.0. The Kier molecular flexibility index (Phi) is 4.57. The van der Waals surface area contributed by atoms with Gasteiger partial charge in [0.05, 0.1) is 0 Å². The normalized spacial score (nSPS) is 12.7. The molecule has 0 saturated heterocycles. The van der Waals surface area contributed by atoms with E-state index in [1.165, 1.54) is 7.05 Å². The van der Waals surface area contributed by atoms with Crippen LogP contribution in [0.2, 0.25) is 0 Å². The molecule has 0 radical (unpaired) electrons. The number of likely N-dealkylation sites (N-methyl/N-ethyl adjacent to an activating group) is 1. The summed E-state index contributed by atoms with van der Waals surface area (Å²) >= 11 is 0. The summed E-state index contributed by atoms with van der Waals surface area (Å²) in [6.45, 7) is 0. The fourth-order valence-corrected chi connectivity index (χ4v) is 1.17. The second-order valence-corrected chi connectivity index (χ2v) is 3.18. The van der Waals surface area contributed by atoms with Crippen molar-refractivity contribution in [2.45, 2.75) is 12.5 Å². The molecule has 1 aromatic carbocycles. The van der Waals surface area contributed by atoms with E-state index in [-0.39, 0.29) is 5.91 Å². The number of aliphatic hydroxyl groups excluding tert-OH is 1. The van der Waals surface area contributed by atoms with Crippen LogP contribution in [-0.4, -0.2) is 24.2 Å². The van der Waals surface area contributed by atoms with Gasteiger partial charge in [-0.1, -0.05) is 42.5 Å². The van der Waals surface area contributed by atoms with Crippen molar-refractivity contribution in [3.63, 3.8) is 0 Å². The van der Waals surface area contributed by atoms with Crippen molar-refractivity contribution < 1.29 is 9.90 Å². The van der Waals surface area contributed by atoms with Crippen LogP contribution in [0.15, 0.2) is 36.4 Å². The van der Waals surface area contributed by atoms with Crippen molar-refractivity contribution in [3.8, 4) is 0 Å². The molecule has 0 saturated carbocycles. The van der Waals surface area contributed by atoms with Crippen molar-refractivity contribution in [1.82, 2.24) is 5.32 Å². The van der Waals surface area contributed by atoms with Gasteiger partial charge < -0.3 is 10.4 Å². The molecule has 80 valence electrons. The Morgan fingerprint density at radius 3 is 2.73 bits per heavy atom. The zero-order chi connectivity index (χ0) is 11.1. The standard InChI is InChI=1S/C12H15NO2/c1-13-12(15)11(14)9-5-8-10-6-3-2-4-7-10/h2-8,11,14H,9H2,1H3,(H,13,15)/b8-5+/t11-/m1/s1. The van der Waals surface area contributed by atoms with E-state index in [2.05, 4.69) is 5.32 Å². The molecular formula is C12H15NO2. The third-order valence-electron chi connectivity index (χ3n) is 2.02. The number of nitrogens with one attached hydrogen (secondary N) is 1. The molecule has 0 fully saturated rings. The first-order valence-corrected chi connectivity index (χ1v) is 4.85. The number of rotatable bonds is 4. The van der Waals surface area contributed by atoms with Gasteiger partial charge in [-0.3, -0.25) is 4.79 Å². The van der Waals surface area contributed by atoms with Crippen LogP contribution >= 0.6 is 0 Å². The quantitative estimate of drug-likeness (QED) is 0.776. The van der Waals surface area contributed by atoms with E-state index in [1.807, 2.05) is 36.4 Å². The van der Waals surface area contributed by atoms with Crippen LogP contribution in [0.25, 0.3) is 6.08 Å². The Balaban J connectivity index is 2.43. The number of aliphatic hydroxyl groups is 1. The summed E-state index contributed by atoms with van der Waals surface area (Å²) in [5, 5.41) is 11.7. The summed E-state index contributed by atoms with van der Waals surface area (Å²) < 4.78 is 0. The van der Waals surface area contributed by atoms with E-state index >= 15 is 0 Å². The Hall–Kier alpha value is -1.61. The van der Waals surface area contributed by atoms with Gasteiger partial charge in [-0.05, 0) is 5.56 Å². The molecule has 15 heavy (non-hydrogen) atoms. The summed E-state index contributed by atoms with van der Waals surface area (Å²) in [5.74, 6) is -0.354. The highest BCUT2D eigenvalue weighted by Crippen LogP contribution is 2.03. The molecule has 0 aliphatic heterocycles. The van der Waals surface area contributed by atoms with Crippen molar-refractivity contribution in [1.29, 1.82) is 0 Å². The van der Waals surface area contributed by atoms with E-state index in [0.29, 0.717) is 6.42 Å². The monoisotopic (exact) mass is 205 g/mol. The maximum Gasteiger partial charge on any atom is 0.248 e. The number of hydrogen-bond acceptors (Lipinski definition) is 2. The van der Waals surface area contributed by atoms with Gasteiger partial charge in [0, 0.05) is 13.5 Å². The fourth-order valence-electron chi connectivity index (χ4n) is 1.17. The zero-order valence-electron chi connectivity index (χ0n) is 8.68. The number of carbonyl (C=O) groups is 1. The molecule has 0 heterocycles. The van der Waals surface area contributed by atoms with Gasteiger partial charge in [0.15, 0.2) is 0 Å². The maximum atomic E-state index is 11.0. The molecule has 0 aromatic heterocycles. The minimum Gasteiger partial charge on any atom is -0.383 e. The largest absolute Gasteiger partial charge is 0.383 e. The van der Waals surface area contributed by atoms with Gasteiger partial charge in [-0.25, -0.2) is 0 Å². The van der Waals surface area contributed by atoms with Crippen LogP contribution in [0.3, 0.4) is 0 Å². The van der Waals surface area contributed by atoms with E-state index in [0.717, 1.165) is 5.56 Å². The van der Waals surface area contributed by atoms with Gasteiger partial charge in [-0.2, -0.15) is 0 Å². The second kappa shape index (κ2) is 5.98. The fraction of sp³-hybridized carbons (Fsp3) is 0.250. The molecule has 3 nitrogen and oxygen atoms in total. The van der Waals surface area contributed by atoms with E-state index in [4.69, 9.17) is 0 Å².